The second kappa shape index (κ2) is 5.09. The fourth-order valence-corrected chi connectivity index (χ4v) is 3.67. The summed E-state index contributed by atoms with van der Waals surface area (Å²) in [6, 6.07) is 2.06. The minimum absolute atomic E-state index is 0.845. The van der Waals surface area contributed by atoms with E-state index in [1.165, 1.54) is 5.57 Å². The number of allylic oxidation sites excluding steroid dienone is 2. The molecule has 0 saturated carbocycles. The maximum absolute atomic E-state index is 4.84. The zero-order valence-electron chi connectivity index (χ0n) is 13.6. The Morgan fingerprint density at radius 1 is 1.13 bits per heavy atom. The molecule has 0 aliphatic carbocycles. The third kappa shape index (κ3) is 2.49. The van der Waals surface area contributed by atoms with Crippen molar-refractivity contribution in [2.24, 2.45) is 4.99 Å². The Morgan fingerprint density at radius 2 is 1.96 bits per heavy atom. The summed E-state index contributed by atoms with van der Waals surface area (Å²) in [4.78, 5) is 13.9. The standard InChI is InChI=1S/C17H17N5S/c1-9-5-13(20-17-15(6-9)19-12(4)23-17)14-7-10(2)16-18-11(3)8-22(16)21-14/h5,7-8H,6H2,1-4H3. The van der Waals surface area contributed by atoms with Crippen molar-refractivity contribution >= 4 is 27.7 Å². The second-order valence-electron chi connectivity index (χ2n) is 6.01. The third-order valence-corrected chi connectivity index (χ3v) is 4.73. The van der Waals surface area contributed by atoms with Gasteiger partial charge in [-0.3, -0.25) is 0 Å². The van der Waals surface area contributed by atoms with Crippen molar-refractivity contribution in [3.63, 3.8) is 0 Å². The summed E-state index contributed by atoms with van der Waals surface area (Å²) < 4.78 is 1.84. The van der Waals surface area contributed by atoms with Crippen LogP contribution in [0.4, 0.5) is 5.00 Å². The molecule has 0 fully saturated rings. The van der Waals surface area contributed by atoms with E-state index in [4.69, 9.17) is 10.1 Å². The Morgan fingerprint density at radius 3 is 2.78 bits per heavy atom. The maximum Gasteiger partial charge on any atom is 0.156 e. The van der Waals surface area contributed by atoms with Crippen LogP contribution in [0.1, 0.15) is 34.6 Å². The molecule has 0 atom stereocenters. The van der Waals surface area contributed by atoms with Crippen molar-refractivity contribution in [1.29, 1.82) is 0 Å². The largest absolute Gasteiger partial charge is 0.244 e. The Kier molecular flexibility index (Phi) is 3.16. The first kappa shape index (κ1) is 14.3. The lowest BCUT2D eigenvalue weighted by atomic mass is 10.1. The molecule has 3 aromatic rings. The van der Waals surface area contributed by atoms with Gasteiger partial charge in [-0.15, -0.1) is 0 Å². The van der Waals surface area contributed by atoms with Gasteiger partial charge in [-0.2, -0.15) is 5.10 Å². The first-order valence-electron chi connectivity index (χ1n) is 7.56. The number of hydrogen-bond donors (Lipinski definition) is 0. The quantitative estimate of drug-likeness (QED) is 0.685. The average molecular weight is 323 g/mol. The first-order chi connectivity index (χ1) is 11.0. The van der Waals surface area contributed by atoms with Crippen molar-refractivity contribution in [3.8, 4) is 0 Å². The van der Waals surface area contributed by atoms with E-state index in [-0.39, 0.29) is 0 Å². The number of imidazole rings is 1. The van der Waals surface area contributed by atoms with E-state index < -0.39 is 0 Å². The predicted octanol–water partition coefficient (Wildman–Crippen LogP) is 3.73. The molecule has 0 unspecified atom stereocenters. The minimum atomic E-state index is 0.845. The van der Waals surface area contributed by atoms with Crippen molar-refractivity contribution in [1.82, 2.24) is 19.6 Å². The van der Waals surface area contributed by atoms with Crippen LogP contribution in [0, 0.1) is 20.8 Å². The van der Waals surface area contributed by atoms with Gasteiger partial charge in [0.15, 0.2) is 5.65 Å². The normalized spacial score (nSPS) is 14.4. The predicted molar refractivity (Wildman–Crippen MR) is 93.0 cm³/mol. The van der Waals surface area contributed by atoms with Gasteiger partial charge in [0.25, 0.3) is 0 Å². The van der Waals surface area contributed by atoms with Crippen molar-refractivity contribution < 1.29 is 0 Å². The molecule has 0 N–H and O–H groups in total. The number of aromatic nitrogens is 4. The summed E-state index contributed by atoms with van der Waals surface area (Å²) in [6.45, 7) is 8.18. The van der Waals surface area contributed by atoms with Crippen LogP contribution in [-0.4, -0.2) is 25.3 Å². The molecule has 0 radical (unpaired) electrons. The van der Waals surface area contributed by atoms with Gasteiger partial charge in [0, 0.05) is 6.42 Å². The van der Waals surface area contributed by atoms with Crippen molar-refractivity contribution in [2.75, 3.05) is 0 Å². The van der Waals surface area contributed by atoms with Crippen LogP contribution in [0.25, 0.3) is 5.65 Å². The molecule has 6 heteroatoms. The van der Waals surface area contributed by atoms with E-state index in [2.05, 4.69) is 36.0 Å². The molecule has 0 saturated heterocycles. The molecular formula is C17H17N5S. The van der Waals surface area contributed by atoms with Crippen LogP contribution >= 0.6 is 11.3 Å². The van der Waals surface area contributed by atoms with Gasteiger partial charge >= 0.3 is 0 Å². The van der Waals surface area contributed by atoms with Gasteiger partial charge in [-0.25, -0.2) is 19.5 Å². The van der Waals surface area contributed by atoms with E-state index in [9.17, 15) is 0 Å². The van der Waals surface area contributed by atoms with Crippen LogP contribution in [-0.2, 0) is 6.42 Å². The van der Waals surface area contributed by atoms with Gasteiger partial charge in [0.05, 0.1) is 28.3 Å². The fourth-order valence-electron chi connectivity index (χ4n) is 2.85. The molecule has 0 bridgehead atoms. The summed E-state index contributed by atoms with van der Waals surface area (Å²) in [5.74, 6) is 0. The number of aliphatic imine (C=N–C) groups is 1. The Hall–Kier alpha value is -2.34. The van der Waals surface area contributed by atoms with E-state index in [1.807, 2.05) is 24.6 Å². The lowest BCUT2D eigenvalue weighted by Crippen LogP contribution is -2.06. The maximum atomic E-state index is 4.84. The molecule has 1 aliphatic rings. The SMILES string of the molecule is CC1=CC(c2cc(C)c3nc(C)cn3n2)=Nc2sc(C)nc2C1. The Balaban J connectivity index is 1.91. The van der Waals surface area contributed by atoms with Crippen LogP contribution in [0.2, 0.25) is 0 Å². The van der Waals surface area contributed by atoms with Crippen LogP contribution in [0.5, 0.6) is 0 Å². The highest BCUT2D eigenvalue weighted by atomic mass is 32.1. The summed E-state index contributed by atoms with van der Waals surface area (Å²) in [7, 11) is 0. The van der Waals surface area contributed by atoms with Gasteiger partial charge < -0.3 is 0 Å². The highest BCUT2D eigenvalue weighted by molar-refractivity contribution is 7.15. The second-order valence-corrected chi connectivity index (χ2v) is 7.19. The highest BCUT2D eigenvalue weighted by Gasteiger charge is 2.16. The smallest absolute Gasteiger partial charge is 0.156 e. The molecule has 4 heterocycles. The van der Waals surface area contributed by atoms with Gasteiger partial charge in [-0.1, -0.05) is 16.9 Å². The van der Waals surface area contributed by atoms with Gasteiger partial charge in [-0.05, 0) is 45.4 Å². The average Bonchev–Trinajstić information content (AvgIpc) is 2.96. The van der Waals surface area contributed by atoms with Crippen molar-refractivity contribution in [2.45, 2.75) is 34.1 Å². The van der Waals surface area contributed by atoms with Crippen LogP contribution in [0.15, 0.2) is 28.9 Å². The van der Waals surface area contributed by atoms with E-state index in [1.54, 1.807) is 11.3 Å². The molecular weight excluding hydrogens is 306 g/mol. The number of fused-ring (bicyclic) bond motifs is 2. The molecule has 0 amide bonds. The van der Waals surface area contributed by atoms with E-state index in [0.717, 1.165) is 50.4 Å². The zero-order valence-corrected chi connectivity index (χ0v) is 14.4. The van der Waals surface area contributed by atoms with Gasteiger partial charge in [0.1, 0.15) is 10.7 Å². The number of thiazole rings is 1. The third-order valence-electron chi connectivity index (χ3n) is 3.83. The summed E-state index contributed by atoms with van der Waals surface area (Å²) in [5.41, 5.74) is 7.03. The summed E-state index contributed by atoms with van der Waals surface area (Å²) in [6.07, 6.45) is 4.90. The monoisotopic (exact) mass is 323 g/mol. The summed E-state index contributed by atoms with van der Waals surface area (Å²) >= 11 is 1.64. The van der Waals surface area contributed by atoms with E-state index >= 15 is 0 Å². The number of rotatable bonds is 1. The molecule has 5 nitrogen and oxygen atoms in total. The number of nitrogens with zero attached hydrogens (tertiary/aromatic N) is 5. The number of aryl methyl sites for hydroxylation is 3. The lowest BCUT2D eigenvalue weighted by molar-refractivity contribution is 0.917. The molecule has 1 aliphatic heterocycles. The minimum Gasteiger partial charge on any atom is -0.244 e. The Labute approximate surface area is 138 Å². The highest BCUT2D eigenvalue weighted by Crippen LogP contribution is 2.32. The molecule has 116 valence electrons. The van der Waals surface area contributed by atoms with Crippen molar-refractivity contribution in [3.05, 3.63) is 51.6 Å². The lowest BCUT2D eigenvalue weighted by Gasteiger charge is -2.04. The number of hydrogen-bond acceptors (Lipinski definition) is 5. The van der Waals surface area contributed by atoms with Gasteiger partial charge in [0.2, 0.25) is 0 Å². The molecule has 0 spiro atoms. The molecule has 3 aromatic heterocycles. The zero-order chi connectivity index (χ0) is 16.1. The molecule has 4 rings (SSSR count). The molecule has 0 aromatic carbocycles. The van der Waals surface area contributed by atoms with Crippen LogP contribution < -0.4 is 0 Å². The topological polar surface area (TPSA) is 55.4 Å². The van der Waals surface area contributed by atoms with Crippen LogP contribution in [0.3, 0.4) is 0 Å². The summed E-state index contributed by atoms with van der Waals surface area (Å²) in [5, 5.41) is 6.75. The Bertz CT molecular complexity index is 990. The molecule has 23 heavy (non-hydrogen) atoms. The van der Waals surface area contributed by atoms with E-state index in [0.29, 0.717) is 0 Å². The first-order valence-corrected chi connectivity index (χ1v) is 8.37. The fraction of sp³-hybridized carbons (Fsp3) is 0.294.